The number of carbonyl (C=O) groups is 1. The number of rotatable bonds is 6. The summed E-state index contributed by atoms with van der Waals surface area (Å²) >= 11 is 1.37. The molecule has 1 aromatic heterocycles. The van der Waals surface area contributed by atoms with Gasteiger partial charge in [-0.3, -0.25) is 14.2 Å². The second-order valence-electron chi connectivity index (χ2n) is 6.98. The zero-order valence-corrected chi connectivity index (χ0v) is 16.5. The molecule has 2 aromatic carbocycles. The second kappa shape index (κ2) is 8.61. The number of hydrogen-bond acceptors (Lipinski definition) is 4. The van der Waals surface area contributed by atoms with Gasteiger partial charge in [-0.2, -0.15) is 0 Å². The Morgan fingerprint density at radius 3 is 2.50 bits per heavy atom. The third-order valence-electron chi connectivity index (χ3n) is 5.08. The molecule has 28 heavy (non-hydrogen) atoms. The van der Waals surface area contributed by atoms with Gasteiger partial charge in [0, 0.05) is 19.6 Å². The van der Waals surface area contributed by atoms with Crippen LogP contribution in [0.1, 0.15) is 18.4 Å². The van der Waals surface area contributed by atoms with E-state index in [9.17, 15) is 9.59 Å². The van der Waals surface area contributed by atoms with Crippen molar-refractivity contribution >= 4 is 28.6 Å². The van der Waals surface area contributed by atoms with E-state index in [1.165, 1.54) is 17.3 Å². The molecule has 1 aliphatic heterocycles. The first kappa shape index (κ1) is 18.7. The summed E-state index contributed by atoms with van der Waals surface area (Å²) in [6.45, 7) is 2.22. The van der Waals surface area contributed by atoms with Crippen LogP contribution in [0.5, 0.6) is 0 Å². The third-order valence-corrected chi connectivity index (χ3v) is 6.04. The van der Waals surface area contributed by atoms with Crippen molar-refractivity contribution in [2.75, 3.05) is 18.8 Å². The van der Waals surface area contributed by atoms with Gasteiger partial charge in [0.15, 0.2) is 5.16 Å². The molecule has 6 heteroatoms. The van der Waals surface area contributed by atoms with E-state index in [1.54, 1.807) is 4.57 Å². The molecule has 1 saturated heterocycles. The molecule has 1 aliphatic rings. The first-order valence-corrected chi connectivity index (χ1v) is 10.6. The van der Waals surface area contributed by atoms with Crippen LogP contribution < -0.4 is 5.56 Å². The summed E-state index contributed by atoms with van der Waals surface area (Å²) in [6, 6.07) is 17.5. The van der Waals surface area contributed by atoms with Gasteiger partial charge in [-0.1, -0.05) is 54.2 Å². The van der Waals surface area contributed by atoms with Crippen molar-refractivity contribution in [1.29, 1.82) is 0 Å². The predicted octanol–water partition coefficient (Wildman–Crippen LogP) is 3.35. The number of carbonyl (C=O) groups excluding carboxylic acids is 1. The van der Waals surface area contributed by atoms with Crippen LogP contribution in [-0.4, -0.2) is 39.2 Å². The fraction of sp³-hybridized carbons (Fsp3) is 0.318. The molecule has 3 aromatic rings. The zero-order chi connectivity index (χ0) is 19.3. The van der Waals surface area contributed by atoms with Crippen molar-refractivity contribution in [1.82, 2.24) is 14.5 Å². The summed E-state index contributed by atoms with van der Waals surface area (Å²) in [5, 5.41) is 1.23. The third kappa shape index (κ3) is 4.12. The Morgan fingerprint density at radius 2 is 1.71 bits per heavy atom. The molecule has 0 bridgehead atoms. The number of nitrogens with zero attached hydrogens (tertiary/aromatic N) is 3. The largest absolute Gasteiger partial charge is 0.342 e. The highest BCUT2D eigenvalue weighted by Crippen LogP contribution is 2.20. The Bertz CT molecular complexity index is 1030. The monoisotopic (exact) mass is 393 g/mol. The van der Waals surface area contributed by atoms with Gasteiger partial charge in [0.05, 0.1) is 16.7 Å². The topological polar surface area (TPSA) is 55.2 Å². The van der Waals surface area contributed by atoms with Crippen molar-refractivity contribution in [3.05, 3.63) is 70.5 Å². The van der Waals surface area contributed by atoms with Gasteiger partial charge < -0.3 is 4.90 Å². The molecular formula is C22H23N3O2S. The number of para-hydroxylation sites is 1. The number of aromatic nitrogens is 2. The predicted molar refractivity (Wildman–Crippen MR) is 113 cm³/mol. The van der Waals surface area contributed by atoms with Crippen molar-refractivity contribution in [3.63, 3.8) is 0 Å². The van der Waals surface area contributed by atoms with E-state index in [1.807, 2.05) is 47.4 Å². The van der Waals surface area contributed by atoms with Crippen molar-refractivity contribution < 1.29 is 4.79 Å². The van der Waals surface area contributed by atoms with Crippen molar-refractivity contribution in [2.24, 2.45) is 0 Å². The second-order valence-corrected chi connectivity index (χ2v) is 7.92. The molecule has 2 heterocycles. The minimum atomic E-state index is -0.0438. The van der Waals surface area contributed by atoms with E-state index in [0.29, 0.717) is 28.4 Å². The van der Waals surface area contributed by atoms with Crippen LogP contribution in [0.15, 0.2) is 64.5 Å². The molecule has 0 atom stereocenters. The van der Waals surface area contributed by atoms with E-state index >= 15 is 0 Å². The van der Waals surface area contributed by atoms with Gasteiger partial charge in [-0.05, 0) is 37.0 Å². The highest BCUT2D eigenvalue weighted by molar-refractivity contribution is 7.99. The molecule has 5 nitrogen and oxygen atoms in total. The number of likely N-dealkylation sites (tertiary alicyclic amines) is 1. The lowest BCUT2D eigenvalue weighted by Crippen LogP contribution is -2.30. The average molecular weight is 394 g/mol. The normalized spacial score (nSPS) is 13.9. The van der Waals surface area contributed by atoms with Crippen LogP contribution >= 0.6 is 11.8 Å². The highest BCUT2D eigenvalue weighted by atomic mass is 32.2. The SMILES string of the molecule is O=C(CSc1nc2ccccc2c(=O)n1CCc1ccccc1)N1CCCC1. The van der Waals surface area contributed by atoms with Crippen LogP contribution in [-0.2, 0) is 17.8 Å². The summed E-state index contributed by atoms with van der Waals surface area (Å²) in [5.74, 6) is 0.440. The first-order chi connectivity index (χ1) is 13.7. The quantitative estimate of drug-likeness (QED) is 0.476. The van der Waals surface area contributed by atoms with E-state index in [0.717, 1.165) is 32.4 Å². The number of hydrogen-bond donors (Lipinski definition) is 0. The van der Waals surface area contributed by atoms with E-state index in [-0.39, 0.29) is 11.5 Å². The van der Waals surface area contributed by atoms with Crippen molar-refractivity contribution in [3.8, 4) is 0 Å². The van der Waals surface area contributed by atoms with Gasteiger partial charge in [-0.15, -0.1) is 0 Å². The standard InChI is InChI=1S/C22H23N3O2S/c26-20(24-13-6-7-14-24)16-28-22-23-19-11-5-4-10-18(19)21(27)25(22)15-12-17-8-2-1-3-9-17/h1-5,8-11H,6-7,12-16H2. The first-order valence-electron chi connectivity index (χ1n) is 9.66. The van der Waals surface area contributed by atoms with Crippen LogP contribution in [0.4, 0.5) is 0 Å². The summed E-state index contributed by atoms with van der Waals surface area (Å²) < 4.78 is 1.72. The van der Waals surface area contributed by atoms with Crippen LogP contribution in [0.2, 0.25) is 0 Å². The lowest BCUT2D eigenvalue weighted by atomic mass is 10.1. The number of thioether (sulfide) groups is 1. The molecule has 0 saturated carbocycles. The Kier molecular flexibility index (Phi) is 5.76. The van der Waals surface area contributed by atoms with E-state index in [2.05, 4.69) is 12.1 Å². The summed E-state index contributed by atoms with van der Waals surface area (Å²) in [4.78, 5) is 32.1. The Labute approximate surface area is 168 Å². The molecule has 0 radical (unpaired) electrons. The van der Waals surface area contributed by atoms with Crippen LogP contribution in [0.3, 0.4) is 0 Å². The molecule has 1 fully saturated rings. The zero-order valence-electron chi connectivity index (χ0n) is 15.7. The lowest BCUT2D eigenvalue weighted by molar-refractivity contribution is -0.127. The average Bonchev–Trinajstić information content (AvgIpc) is 3.27. The number of fused-ring (bicyclic) bond motifs is 1. The Balaban J connectivity index is 1.60. The number of benzene rings is 2. The molecule has 0 N–H and O–H groups in total. The van der Waals surface area contributed by atoms with Gasteiger partial charge in [0.1, 0.15) is 0 Å². The minimum absolute atomic E-state index is 0.0438. The number of aryl methyl sites for hydroxylation is 1. The van der Waals surface area contributed by atoms with Crippen LogP contribution in [0.25, 0.3) is 10.9 Å². The molecule has 0 unspecified atom stereocenters. The van der Waals surface area contributed by atoms with E-state index < -0.39 is 0 Å². The summed E-state index contributed by atoms with van der Waals surface area (Å²) in [5.41, 5.74) is 1.81. The van der Waals surface area contributed by atoms with E-state index in [4.69, 9.17) is 4.98 Å². The molecule has 144 valence electrons. The molecule has 1 amide bonds. The summed E-state index contributed by atoms with van der Waals surface area (Å²) in [7, 11) is 0. The maximum atomic E-state index is 13.1. The molecule has 0 spiro atoms. The van der Waals surface area contributed by atoms with Gasteiger partial charge in [-0.25, -0.2) is 4.98 Å². The molecular weight excluding hydrogens is 370 g/mol. The van der Waals surface area contributed by atoms with Gasteiger partial charge in [0.25, 0.3) is 5.56 Å². The maximum absolute atomic E-state index is 13.1. The summed E-state index contributed by atoms with van der Waals surface area (Å²) in [6.07, 6.45) is 2.90. The Morgan fingerprint density at radius 1 is 1.00 bits per heavy atom. The van der Waals surface area contributed by atoms with Crippen molar-refractivity contribution in [2.45, 2.75) is 31.0 Å². The Hall–Kier alpha value is -2.60. The minimum Gasteiger partial charge on any atom is -0.342 e. The molecule has 0 aliphatic carbocycles. The fourth-order valence-electron chi connectivity index (χ4n) is 3.52. The fourth-order valence-corrected chi connectivity index (χ4v) is 4.45. The highest BCUT2D eigenvalue weighted by Gasteiger charge is 2.19. The maximum Gasteiger partial charge on any atom is 0.262 e. The lowest BCUT2D eigenvalue weighted by Gasteiger charge is -2.16. The van der Waals surface area contributed by atoms with Gasteiger partial charge in [0.2, 0.25) is 5.91 Å². The number of amides is 1. The van der Waals surface area contributed by atoms with Gasteiger partial charge >= 0.3 is 0 Å². The van der Waals surface area contributed by atoms with Crippen LogP contribution in [0, 0.1) is 0 Å². The molecule has 4 rings (SSSR count). The smallest absolute Gasteiger partial charge is 0.262 e.